The molecule has 0 unspecified atom stereocenters. The number of nitrogens with two attached hydrogens (primary N) is 1. The number of nitrogen functional groups attached to an aromatic ring is 1. The molecule has 14 heavy (non-hydrogen) atoms. The largest absolute Gasteiger partial charge is 0.399 e. The van der Waals surface area contributed by atoms with Crippen molar-refractivity contribution in [1.29, 1.82) is 0 Å². The molecule has 0 saturated carbocycles. The molecule has 2 aromatic rings. The summed E-state index contributed by atoms with van der Waals surface area (Å²) in [5, 5.41) is 3.17. The molecule has 0 aliphatic carbocycles. The third kappa shape index (κ3) is 1.73. The van der Waals surface area contributed by atoms with E-state index in [-0.39, 0.29) is 0 Å². The zero-order valence-corrected chi connectivity index (χ0v) is 9.46. The molecule has 1 aromatic carbocycles. The van der Waals surface area contributed by atoms with Crippen LogP contribution in [0.25, 0.3) is 10.4 Å². The molecule has 0 saturated heterocycles. The van der Waals surface area contributed by atoms with E-state index in [0.29, 0.717) is 15.7 Å². The molecule has 0 fully saturated rings. The van der Waals surface area contributed by atoms with E-state index in [9.17, 15) is 0 Å². The highest BCUT2D eigenvalue weighted by atomic mass is 35.5. The van der Waals surface area contributed by atoms with E-state index in [1.807, 2.05) is 17.5 Å². The first kappa shape index (κ1) is 9.84. The van der Waals surface area contributed by atoms with Crippen LogP contribution in [0.4, 0.5) is 5.69 Å². The van der Waals surface area contributed by atoms with Gasteiger partial charge in [0.1, 0.15) is 0 Å². The number of anilines is 1. The van der Waals surface area contributed by atoms with Gasteiger partial charge in [-0.3, -0.25) is 0 Å². The van der Waals surface area contributed by atoms with Gasteiger partial charge in [-0.2, -0.15) is 0 Å². The van der Waals surface area contributed by atoms with E-state index in [1.54, 1.807) is 23.5 Å². The van der Waals surface area contributed by atoms with Crippen molar-refractivity contribution < 1.29 is 0 Å². The van der Waals surface area contributed by atoms with E-state index >= 15 is 0 Å². The Morgan fingerprint density at radius 2 is 1.79 bits per heavy atom. The Kier molecular flexibility index (Phi) is 2.68. The third-order valence-corrected chi connectivity index (χ3v) is 3.32. The van der Waals surface area contributed by atoms with Crippen molar-refractivity contribution in [2.75, 3.05) is 5.73 Å². The topological polar surface area (TPSA) is 26.0 Å². The first-order chi connectivity index (χ1) is 6.68. The quantitative estimate of drug-likeness (QED) is 0.743. The van der Waals surface area contributed by atoms with Crippen molar-refractivity contribution in [3.05, 3.63) is 39.7 Å². The zero-order chi connectivity index (χ0) is 10.1. The Morgan fingerprint density at radius 1 is 1.14 bits per heavy atom. The normalized spacial score (nSPS) is 10.4. The maximum Gasteiger partial charge on any atom is 0.0528 e. The summed E-state index contributed by atoms with van der Waals surface area (Å²) in [6.07, 6.45) is 0. The molecule has 72 valence electrons. The second-order valence-corrected chi connectivity index (χ2v) is 4.60. The second kappa shape index (κ2) is 3.81. The molecule has 1 aromatic heterocycles. The van der Waals surface area contributed by atoms with Crippen molar-refractivity contribution in [2.24, 2.45) is 0 Å². The van der Waals surface area contributed by atoms with Gasteiger partial charge in [0, 0.05) is 16.1 Å². The van der Waals surface area contributed by atoms with Crippen molar-refractivity contribution in [2.45, 2.75) is 0 Å². The molecule has 2 N–H and O–H groups in total. The minimum absolute atomic E-state index is 0.584. The highest BCUT2D eigenvalue weighted by molar-refractivity contribution is 7.13. The van der Waals surface area contributed by atoms with Crippen molar-refractivity contribution in [3.8, 4) is 10.4 Å². The smallest absolute Gasteiger partial charge is 0.0528 e. The predicted octanol–water partition coefficient (Wildman–Crippen LogP) is 4.30. The number of halogens is 2. The first-order valence-electron chi connectivity index (χ1n) is 3.97. The lowest BCUT2D eigenvalue weighted by atomic mass is 10.1. The van der Waals surface area contributed by atoms with Crippen LogP contribution in [0.5, 0.6) is 0 Å². The van der Waals surface area contributed by atoms with E-state index in [2.05, 4.69) is 0 Å². The lowest BCUT2D eigenvalue weighted by molar-refractivity contribution is 1.67. The van der Waals surface area contributed by atoms with Gasteiger partial charge in [-0.1, -0.05) is 29.3 Å². The fourth-order valence-electron chi connectivity index (χ4n) is 1.25. The predicted molar refractivity (Wildman–Crippen MR) is 64.2 cm³/mol. The monoisotopic (exact) mass is 243 g/mol. The number of hydrogen-bond donors (Lipinski definition) is 1. The number of benzene rings is 1. The molecule has 0 bridgehead atoms. The number of thiophene rings is 1. The van der Waals surface area contributed by atoms with Gasteiger partial charge in [0.2, 0.25) is 0 Å². The highest BCUT2D eigenvalue weighted by Crippen LogP contribution is 2.38. The van der Waals surface area contributed by atoms with E-state index < -0.39 is 0 Å². The molecule has 0 spiro atoms. The molecule has 0 radical (unpaired) electrons. The first-order valence-corrected chi connectivity index (χ1v) is 5.60. The van der Waals surface area contributed by atoms with Gasteiger partial charge >= 0.3 is 0 Å². The Balaban J connectivity index is 2.64. The van der Waals surface area contributed by atoms with Crippen molar-refractivity contribution in [3.63, 3.8) is 0 Å². The second-order valence-electron chi connectivity index (χ2n) is 2.84. The molecule has 0 aliphatic heterocycles. The summed E-state index contributed by atoms with van der Waals surface area (Å²) >= 11 is 13.7. The summed E-state index contributed by atoms with van der Waals surface area (Å²) in [5.41, 5.74) is 7.06. The van der Waals surface area contributed by atoms with E-state index in [0.717, 1.165) is 10.4 Å². The van der Waals surface area contributed by atoms with Gasteiger partial charge in [-0.05, 0) is 23.6 Å². The minimum atomic E-state index is 0.584. The molecular formula is C10H7Cl2NS. The van der Waals surface area contributed by atoms with Crippen molar-refractivity contribution >= 4 is 40.2 Å². The molecule has 2 rings (SSSR count). The van der Waals surface area contributed by atoms with Crippen LogP contribution in [0.3, 0.4) is 0 Å². The van der Waals surface area contributed by atoms with Gasteiger partial charge < -0.3 is 5.73 Å². The molecule has 0 atom stereocenters. The summed E-state index contributed by atoms with van der Waals surface area (Å²) < 4.78 is 0. The van der Waals surface area contributed by atoms with Crippen LogP contribution >= 0.6 is 34.5 Å². The maximum atomic E-state index is 6.07. The lowest BCUT2D eigenvalue weighted by Crippen LogP contribution is -1.86. The van der Waals surface area contributed by atoms with Gasteiger partial charge in [-0.15, -0.1) is 11.3 Å². The highest BCUT2D eigenvalue weighted by Gasteiger charge is 2.10. The molecule has 0 amide bonds. The fraction of sp³-hybridized carbons (Fsp3) is 0. The third-order valence-electron chi connectivity index (χ3n) is 1.83. The van der Waals surface area contributed by atoms with Crippen LogP contribution in [-0.2, 0) is 0 Å². The van der Waals surface area contributed by atoms with Crippen LogP contribution in [0.1, 0.15) is 0 Å². The average Bonchev–Trinajstić information content (AvgIpc) is 2.54. The van der Waals surface area contributed by atoms with Crippen molar-refractivity contribution in [1.82, 2.24) is 0 Å². The van der Waals surface area contributed by atoms with Crippen LogP contribution in [0, 0.1) is 0 Å². The van der Waals surface area contributed by atoms with Crippen LogP contribution in [-0.4, -0.2) is 0 Å². The Hall–Kier alpha value is -0.700. The summed E-state index contributed by atoms with van der Waals surface area (Å²) in [4.78, 5) is 1.06. The van der Waals surface area contributed by atoms with Gasteiger partial charge in [0.05, 0.1) is 10.0 Å². The number of rotatable bonds is 1. The molecule has 1 nitrogen and oxygen atoms in total. The summed E-state index contributed by atoms with van der Waals surface area (Å²) in [6.45, 7) is 0. The van der Waals surface area contributed by atoms with Crippen LogP contribution in [0.15, 0.2) is 29.6 Å². The van der Waals surface area contributed by atoms with Gasteiger partial charge in [-0.25, -0.2) is 0 Å². The Labute approximate surface area is 96.1 Å². The SMILES string of the molecule is Nc1cc(Cl)c(-c2cccs2)c(Cl)c1. The lowest BCUT2D eigenvalue weighted by Gasteiger charge is -2.05. The Morgan fingerprint density at radius 3 is 2.29 bits per heavy atom. The summed E-state index contributed by atoms with van der Waals surface area (Å²) in [6, 6.07) is 7.36. The standard InChI is InChI=1S/C10H7Cl2NS/c11-7-4-6(13)5-8(12)10(7)9-2-1-3-14-9/h1-5H,13H2. The van der Waals surface area contributed by atoms with Gasteiger partial charge in [0.15, 0.2) is 0 Å². The summed E-state index contributed by atoms with van der Waals surface area (Å²) in [5.74, 6) is 0. The number of hydrogen-bond acceptors (Lipinski definition) is 2. The zero-order valence-electron chi connectivity index (χ0n) is 7.13. The minimum Gasteiger partial charge on any atom is -0.399 e. The molecule has 1 heterocycles. The maximum absolute atomic E-state index is 6.07. The fourth-order valence-corrected chi connectivity index (χ4v) is 2.87. The molecular weight excluding hydrogens is 237 g/mol. The molecule has 4 heteroatoms. The van der Waals surface area contributed by atoms with E-state index in [4.69, 9.17) is 28.9 Å². The average molecular weight is 244 g/mol. The molecule has 0 aliphatic rings. The van der Waals surface area contributed by atoms with Crippen LogP contribution < -0.4 is 5.73 Å². The van der Waals surface area contributed by atoms with Crippen LogP contribution in [0.2, 0.25) is 10.0 Å². The Bertz CT molecular complexity index is 428. The summed E-state index contributed by atoms with van der Waals surface area (Å²) in [7, 11) is 0. The van der Waals surface area contributed by atoms with E-state index in [1.165, 1.54) is 0 Å². The van der Waals surface area contributed by atoms with Gasteiger partial charge in [0.25, 0.3) is 0 Å².